The molecule has 1 aromatic heterocycles. The molecule has 1 fully saturated rings. The number of aliphatic carboxylic acids is 1. The maximum absolute atomic E-state index is 10.6. The fraction of sp³-hybridized carbons (Fsp3) is 0.727. The van der Waals surface area contributed by atoms with Gasteiger partial charge in [0, 0.05) is 6.04 Å². The molecule has 18 heavy (non-hydrogen) atoms. The number of hydrogen-bond donors (Lipinski definition) is 1. The van der Waals surface area contributed by atoms with Crippen molar-refractivity contribution in [1.29, 1.82) is 0 Å². The summed E-state index contributed by atoms with van der Waals surface area (Å²) in [6, 6.07) is 0.396. The molecular formula is C11H18N4O2S. The van der Waals surface area contributed by atoms with Crippen LogP contribution >= 0.6 is 11.8 Å². The number of carboxylic acids is 1. The van der Waals surface area contributed by atoms with Gasteiger partial charge in [-0.15, -0.1) is 10.2 Å². The maximum Gasteiger partial charge on any atom is 0.313 e. The van der Waals surface area contributed by atoms with E-state index in [-0.39, 0.29) is 5.75 Å². The van der Waals surface area contributed by atoms with Crippen molar-refractivity contribution in [2.24, 2.45) is 0 Å². The lowest BCUT2D eigenvalue weighted by Gasteiger charge is -2.30. The molecule has 0 unspecified atom stereocenters. The predicted octanol–water partition coefficient (Wildman–Crippen LogP) is 1.03. The number of rotatable bonds is 4. The summed E-state index contributed by atoms with van der Waals surface area (Å²) in [5.41, 5.74) is 0. The third-order valence-corrected chi connectivity index (χ3v) is 4.14. The second kappa shape index (κ2) is 5.71. The topological polar surface area (TPSA) is 71.2 Å². The Morgan fingerprint density at radius 2 is 2.11 bits per heavy atom. The van der Waals surface area contributed by atoms with Crippen molar-refractivity contribution in [2.75, 3.05) is 25.9 Å². The zero-order valence-electron chi connectivity index (χ0n) is 10.7. The normalized spacial score (nSPS) is 18.1. The lowest BCUT2D eigenvalue weighted by molar-refractivity contribution is -0.133. The standard InChI is InChI=1S/C11H18N4O2S/c1-8-12-13-11(18-7-10(16)17)15(8)9-3-5-14(2)6-4-9/h9H,3-7H2,1-2H3,(H,16,17). The molecule has 6 nitrogen and oxygen atoms in total. The molecule has 0 bridgehead atoms. The number of aromatic nitrogens is 3. The zero-order valence-corrected chi connectivity index (χ0v) is 11.5. The van der Waals surface area contributed by atoms with Crippen molar-refractivity contribution in [3.8, 4) is 0 Å². The maximum atomic E-state index is 10.6. The van der Waals surface area contributed by atoms with Gasteiger partial charge in [0.2, 0.25) is 0 Å². The highest BCUT2D eigenvalue weighted by atomic mass is 32.2. The molecular weight excluding hydrogens is 252 g/mol. The molecule has 0 saturated carbocycles. The average Bonchev–Trinajstić information content (AvgIpc) is 2.69. The number of nitrogens with zero attached hydrogens (tertiary/aromatic N) is 4. The first-order valence-corrected chi connectivity index (χ1v) is 7.01. The van der Waals surface area contributed by atoms with E-state index in [2.05, 4.69) is 26.7 Å². The Balaban J connectivity index is 2.10. The van der Waals surface area contributed by atoms with Crippen molar-refractivity contribution >= 4 is 17.7 Å². The van der Waals surface area contributed by atoms with Gasteiger partial charge >= 0.3 is 5.97 Å². The Morgan fingerprint density at radius 1 is 1.44 bits per heavy atom. The second-order valence-corrected chi connectivity index (χ2v) is 5.56. The largest absolute Gasteiger partial charge is 0.481 e. The summed E-state index contributed by atoms with van der Waals surface area (Å²) < 4.78 is 2.10. The van der Waals surface area contributed by atoms with Crippen LogP contribution in [0.1, 0.15) is 24.7 Å². The smallest absolute Gasteiger partial charge is 0.313 e. The van der Waals surface area contributed by atoms with E-state index in [1.807, 2.05) is 6.92 Å². The average molecular weight is 270 g/mol. The van der Waals surface area contributed by atoms with E-state index in [9.17, 15) is 4.79 Å². The van der Waals surface area contributed by atoms with Crippen LogP contribution in [0, 0.1) is 6.92 Å². The van der Waals surface area contributed by atoms with Gasteiger partial charge in [0.15, 0.2) is 5.16 Å². The van der Waals surface area contributed by atoms with Crippen molar-refractivity contribution in [3.63, 3.8) is 0 Å². The van der Waals surface area contributed by atoms with E-state index in [0.717, 1.165) is 36.9 Å². The van der Waals surface area contributed by atoms with E-state index < -0.39 is 5.97 Å². The van der Waals surface area contributed by atoms with Crippen LogP contribution in [0.4, 0.5) is 0 Å². The molecule has 0 amide bonds. The molecule has 0 atom stereocenters. The van der Waals surface area contributed by atoms with Crippen LogP contribution < -0.4 is 0 Å². The molecule has 1 aliphatic rings. The summed E-state index contributed by atoms with van der Waals surface area (Å²) in [4.78, 5) is 12.9. The molecule has 7 heteroatoms. The monoisotopic (exact) mass is 270 g/mol. The molecule has 0 radical (unpaired) electrons. The van der Waals surface area contributed by atoms with Crippen LogP contribution in [-0.2, 0) is 4.79 Å². The fourth-order valence-electron chi connectivity index (χ4n) is 2.25. The summed E-state index contributed by atoms with van der Waals surface area (Å²) in [7, 11) is 2.12. The Bertz CT molecular complexity index is 427. The summed E-state index contributed by atoms with van der Waals surface area (Å²) in [5.74, 6) is 0.0816. The minimum absolute atomic E-state index is 0.0325. The molecule has 1 aliphatic heterocycles. The van der Waals surface area contributed by atoms with Gasteiger partial charge in [0.25, 0.3) is 0 Å². The molecule has 2 rings (SSSR count). The quantitative estimate of drug-likeness (QED) is 0.824. The molecule has 1 saturated heterocycles. The van der Waals surface area contributed by atoms with Gasteiger partial charge in [-0.2, -0.15) is 0 Å². The first-order chi connectivity index (χ1) is 8.58. The lowest BCUT2D eigenvalue weighted by atomic mass is 10.1. The Kier molecular flexibility index (Phi) is 4.23. The molecule has 100 valence electrons. The number of piperidine rings is 1. The highest BCUT2D eigenvalue weighted by Crippen LogP contribution is 2.28. The molecule has 0 spiro atoms. The number of likely N-dealkylation sites (tertiary alicyclic amines) is 1. The van der Waals surface area contributed by atoms with Crippen LogP contribution in [0.2, 0.25) is 0 Å². The third kappa shape index (κ3) is 3.02. The van der Waals surface area contributed by atoms with Crippen LogP contribution in [0.3, 0.4) is 0 Å². The minimum atomic E-state index is -0.824. The summed E-state index contributed by atoms with van der Waals surface area (Å²) in [6.45, 7) is 4.05. The Labute approximate surface area is 110 Å². The summed E-state index contributed by atoms with van der Waals surface area (Å²) in [6.07, 6.45) is 2.13. The van der Waals surface area contributed by atoms with Crippen LogP contribution in [0.25, 0.3) is 0 Å². The van der Waals surface area contributed by atoms with Crippen molar-refractivity contribution in [3.05, 3.63) is 5.82 Å². The number of aryl methyl sites for hydroxylation is 1. The Hall–Kier alpha value is -1.08. The predicted molar refractivity (Wildman–Crippen MR) is 68.9 cm³/mol. The first-order valence-electron chi connectivity index (χ1n) is 6.02. The van der Waals surface area contributed by atoms with Crippen LogP contribution in [0.15, 0.2) is 5.16 Å². The number of thioether (sulfide) groups is 1. The molecule has 1 aromatic rings. The van der Waals surface area contributed by atoms with Gasteiger partial charge < -0.3 is 14.6 Å². The second-order valence-electron chi connectivity index (χ2n) is 4.62. The molecule has 2 heterocycles. The van der Waals surface area contributed by atoms with Crippen LogP contribution in [-0.4, -0.2) is 56.6 Å². The van der Waals surface area contributed by atoms with Gasteiger partial charge in [0.05, 0.1) is 5.75 Å². The first kappa shape index (κ1) is 13.4. The number of carboxylic acid groups (broad SMARTS) is 1. The molecule has 0 aromatic carbocycles. The van der Waals surface area contributed by atoms with E-state index in [1.165, 1.54) is 11.8 Å². The zero-order chi connectivity index (χ0) is 13.1. The Morgan fingerprint density at radius 3 is 2.72 bits per heavy atom. The fourth-order valence-corrected chi connectivity index (χ4v) is 3.02. The number of carbonyl (C=O) groups is 1. The lowest BCUT2D eigenvalue weighted by Crippen LogP contribution is -2.32. The van der Waals surface area contributed by atoms with E-state index in [4.69, 9.17) is 5.11 Å². The van der Waals surface area contributed by atoms with E-state index in [1.54, 1.807) is 0 Å². The van der Waals surface area contributed by atoms with Gasteiger partial charge in [-0.25, -0.2) is 0 Å². The van der Waals surface area contributed by atoms with Crippen LogP contribution in [0.5, 0.6) is 0 Å². The van der Waals surface area contributed by atoms with Gasteiger partial charge in [-0.05, 0) is 39.9 Å². The van der Waals surface area contributed by atoms with Gasteiger partial charge in [-0.1, -0.05) is 11.8 Å². The van der Waals surface area contributed by atoms with Crippen molar-refractivity contribution in [2.45, 2.75) is 31.0 Å². The minimum Gasteiger partial charge on any atom is -0.481 e. The van der Waals surface area contributed by atoms with Crippen molar-refractivity contribution < 1.29 is 9.90 Å². The van der Waals surface area contributed by atoms with Crippen molar-refractivity contribution in [1.82, 2.24) is 19.7 Å². The highest BCUT2D eigenvalue weighted by molar-refractivity contribution is 7.99. The highest BCUT2D eigenvalue weighted by Gasteiger charge is 2.23. The van der Waals surface area contributed by atoms with E-state index in [0.29, 0.717) is 6.04 Å². The molecule has 1 N–H and O–H groups in total. The van der Waals surface area contributed by atoms with E-state index >= 15 is 0 Å². The molecule has 0 aliphatic carbocycles. The van der Waals surface area contributed by atoms with Gasteiger partial charge in [-0.3, -0.25) is 4.79 Å². The number of hydrogen-bond acceptors (Lipinski definition) is 5. The summed E-state index contributed by atoms with van der Waals surface area (Å²) in [5, 5.41) is 17.6. The third-order valence-electron chi connectivity index (χ3n) is 3.21. The summed E-state index contributed by atoms with van der Waals surface area (Å²) >= 11 is 1.25. The SMILES string of the molecule is Cc1nnc(SCC(=O)O)n1C1CCN(C)CC1. The van der Waals surface area contributed by atoms with Gasteiger partial charge in [0.1, 0.15) is 5.82 Å².